The van der Waals surface area contributed by atoms with Crippen molar-refractivity contribution >= 4 is 0 Å². The van der Waals surface area contributed by atoms with Crippen LogP contribution in [0.1, 0.15) is 13.3 Å². The first-order chi connectivity index (χ1) is 6.58. The molecule has 0 saturated heterocycles. The molecule has 0 aromatic heterocycles. The topological polar surface area (TPSA) is 49.7 Å². The SMILES string of the molecule is C=C(C)CCOc1cc(O)cc(O)c1. The normalized spacial score (nSPS) is 9.79. The second-order valence-electron chi connectivity index (χ2n) is 3.24. The highest BCUT2D eigenvalue weighted by Gasteiger charge is 1.99. The molecule has 1 aromatic carbocycles. The van der Waals surface area contributed by atoms with Crippen LogP contribution in [0.25, 0.3) is 0 Å². The number of hydrogen-bond acceptors (Lipinski definition) is 3. The lowest BCUT2D eigenvalue weighted by Crippen LogP contribution is -1.97. The van der Waals surface area contributed by atoms with E-state index < -0.39 is 0 Å². The van der Waals surface area contributed by atoms with Crippen LogP contribution in [0.2, 0.25) is 0 Å². The van der Waals surface area contributed by atoms with Gasteiger partial charge in [-0.2, -0.15) is 0 Å². The highest BCUT2D eigenvalue weighted by molar-refractivity contribution is 5.40. The third-order valence-corrected chi connectivity index (χ3v) is 1.67. The largest absolute Gasteiger partial charge is 0.508 e. The molecule has 0 saturated carbocycles. The standard InChI is InChI=1S/C11H14O3/c1-8(2)3-4-14-11-6-9(12)5-10(13)7-11/h5-7,12-13H,1,3-4H2,2H3. The summed E-state index contributed by atoms with van der Waals surface area (Å²) in [5.41, 5.74) is 1.04. The summed E-state index contributed by atoms with van der Waals surface area (Å²) in [5, 5.41) is 18.3. The van der Waals surface area contributed by atoms with Crippen LogP contribution in [0.3, 0.4) is 0 Å². The lowest BCUT2D eigenvalue weighted by atomic mass is 10.2. The van der Waals surface area contributed by atoms with Crippen molar-refractivity contribution in [2.24, 2.45) is 0 Å². The van der Waals surface area contributed by atoms with Crippen LogP contribution in [-0.2, 0) is 0 Å². The Morgan fingerprint density at radius 2 is 1.86 bits per heavy atom. The van der Waals surface area contributed by atoms with Crippen molar-refractivity contribution < 1.29 is 14.9 Å². The Labute approximate surface area is 83.3 Å². The molecule has 3 heteroatoms. The fourth-order valence-electron chi connectivity index (χ4n) is 0.994. The van der Waals surface area contributed by atoms with Gasteiger partial charge in [-0.25, -0.2) is 0 Å². The first-order valence-corrected chi connectivity index (χ1v) is 4.38. The van der Waals surface area contributed by atoms with E-state index in [4.69, 9.17) is 14.9 Å². The summed E-state index contributed by atoms with van der Waals surface area (Å²) in [6, 6.07) is 4.17. The van der Waals surface area contributed by atoms with Gasteiger partial charge < -0.3 is 14.9 Å². The van der Waals surface area contributed by atoms with Crippen LogP contribution >= 0.6 is 0 Å². The van der Waals surface area contributed by atoms with Gasteiger partial charge >= 0.3 is 0 Å². The van der Waals surface area contributed by atoms with Gasteiger partial charge in [0.05, 0.1) is 6.61 Å². The van der Waals surface area contributed by atoms with Crippen LogP contribution < -0.4 is 4.74 Å². The molecule has 0 aliphatic rings. The third-order valence-electron chi connectivity index (χ3n) is 1.67. The van der Waals surface area contributed by atoms with Gasteiger partial charge in [-0.1, -0.05) is 5.57 Å². The highest BCUT2D eigenvalue weighted by atomic mass is 16.5. The summed E-state index contributed by atoms with van der Waals surface area (Å²) in [6.45, 7) is 6.16. The molecule has 0 radical (unpaired) electrons. The van der Waals surface area contributed by atoms with Gasteiger partial charge in [0.2, 0.25) is 0 Å². The van der Waals surface area contributed by atoms with E-state index in [2.05, 4.69) is 6.58 Å². The number of aromatic hydroxyl groups is 2. The number of phenols is 2. The lowest BCUT2D eigenvalue weighted by Gasteiger charge is -2.06. The van der Waals surface area contributed by atoms with Crippen molar-refractivity contribution in [3.63, 3.8) is 0 Å². The molecule has 0 amide bonds. The maximum Gasteiger partial charge on any atom is 0.126 e. The second-order valence-corrected chi connectivity index (χ2v) is 3.24. The number of rotatable bonds is 4. The van der Waals surface area contributed by atoms with Crippen LogP contribution in [-0.4, -0.2) is 16.8 Å². The highest BCUT2D eigenvalue weighted by Crippen LogP contribution is 2.25. The molecule has 76 valence electrons. The fourth-order valence-corrected chi connectivity index (χ4v) is 0.994. The summed E-state index contributed by atoms with van der Waals surface area (Å²) >= 11 is 0. The van der Waals surface area contributed by atoms with Crippen molar-refractivity contribution in [2.45, 2.75) is 13.3 Å². The summed E-state index contributed by atoms with van der Waals surface area (Å²) in [7, 11) is 0. The van der Waals surface area contributed by atoms with E-state index in [0.29, 0.717) is 12.4 Å². The summed E-state index contributed by atoms with van der Waals surface area (Å²) in [5.74, 6) is 0.453. The zero-order chi connectivity index (χ0) is 10.6. The third kappa shape index (κ3) is 3.39. The van der Waals surface area contributed by atoms with Gasteiger partial charge in [-0.05, 0) is 6.92 Å². The predicted molar refractivity (Wildman–Crippen MR) is 54.7 cm³/mol. The Hall–Kier alpha value is -1.64. The van der Waals surface area contributed by atoms with E-state index in [1.54, 1.807) is 0 Å². The van der Waals surface area contributed by atoms with Crippen molar-refractivity contribution in [1.82, 2.24) is 0 Å². The van der Waals surface area contributed by atoms with Gasteiger partial charge in [-0.3, -0.25) is 0 Å². The maximum atomic E-state index is 9.14. The lowest BCUT2D eigenvalue weighted by molar-refractivity contribution is 0.317. The molecule has 0 bridgehead atoms. The first-order valence-electron chi connectivity index (χ1n) is 4.38. The minimum atomic E-state index is -0.00433. The van der Waals surface area contributed by atoms with Gasteiger partial charge in [0, 0.05) is 24.6 Å². The van der Waals surface area contributed by atoms with E-state index in [9.17, 15) is 0 Å². The number of hydrogen-bond donors (Lipinski definition) is 2. The predicted octanol–water partition coefficient (Wildman–Crippen LogP) is 2.44. The Kier molecular flexibility index (Phi) is 3.40. The van der Waals surface area contributed by atoms with E-state index >= 15 is 0 Å². The molecule has 0 unspecified atom stereocenters. The minimum absolute atomic E-state index is 0.00433. The van der Waals surface area contributed by atoms with Crippen LogP contribution in [0, 0.1) is 0 Å². The molecule has 1 aromatic rings. The second kappa shape index (κ2) is 4.56. The maximum absolute atomic E-state index is 9.14. The zero-order valence-corrected chi connectivity index (χ0v) is 8.16. The Bertz CT molecular complexity index is 311. The molecule has 0 spiro atoms. The quantitative estimate of drug-likeness (QED) is 0.724. The molecule has 0 aliphatic heterocycles. The van der Waals surface area contributed by atoms with Crippen LogP contribution in [0.4, 0.5) is 0 Å². The van der Waals surface area contributed by atoms with Gasteiger partial charge in [0.25, 0.3) is 0 Å². The molecule has 0 fully saturated rings. The van der Waals surface area contributed by atoms with E-state index in [-0.39, 0.29) is 11.5 Å². The number of benzene rings is 1. The summed E-state index contributed by atoms with van der Waals surface area (Å²) in [4.78, 5) is 0. The zero-order valence-electron chi connectivity index (χ0n) is 8.16. The van der Waals surface area contributed by atoms with Crippen LogP contribution in [0.5, 0.6) is 17.2 Å². The molecular weight excluding hydrogens is 180 g/mol. The molecular formula is C11H14O3. The first kappa shape index (κ1) is 10.4. The van der Waals surface area contributed by atoms with E-state index in [1.807, 2.05) is 6.92 Å². The molecule has 0 aliphatic carbocycles. The monoisotopic (exact) mass is 194 g/mol. The molecule has 0 heterocycles. The molecule has 14 heavy (non-hydrogen) atoms. The van der Waals surface area contributed by atoms with Crippen molar-refractivity contribution in [1.29, 1.82) is 0 Å². The van der Waals surface area contributed by atoms with Crippen molar-refractivity contribution in [3.05, 3.63) is 30.4 Å². The smallest absolute Gasteiger partial charge is 0.126 e. The Balaban J connectivity index is 2.54. The van der Waals surface area contributed by atoms with Crippen molar-refractivity contribution in [3.8, 4) is 17.2 Å². The van der Waals surface area contributed by atoms with E-state index in [0.717, 1.165) is 12.0 Å². The van der Waals surface area contributed by atoms with Gasteiger partial charge in [0.15, 0.2) is 0 Å². The molecule has 3 nitrogen and oxygen atoms in total. The minimum Gasteiger partial charge on any atom is -0.508 e. The molecule has 1 rings (SSSR count). The van der Waals surface area contributed by atoms with Gasteiger partial charge in [-0.15, -0.1) is 6.58 Å². The average molecular weight is 194 g/mol. The average Bonchev–Trinajstić information content (AvgIpc) is 2.01. The summed E-state index contributed by atoms with van der Waals surface area (Å²) < 4.78 is 5.30. The molecule has 0 atom stereocenters. The van der Waals surface area contributed by atoms with E-state index in [1.165, 1.54) is 18.2 Å². The molecule has 2 N–H and O–H groups in total. The Morgan fingerprint density at radius 1 is 1.29 bits per heavy atom. The summed E-state index contributed by atoms with van der Waals surface area (Å²) in [6.07, 6.45) is 0.760. The fraction of sp³-hybridized carbons (Fsp3) is 0.273. The van der Waals surface area contributed by atoms with Gasteiger partial charge in [0.1, 0.15) is 17.2 Å². The number of ether oxygens (including phenoxy) is 1. The van der Waals surface area contributed by atoms with Crippen LogP contribution in [0.15, 0.2) is 30.4 Å². The Morgan fingerprint density at radius 3 is 2.36 bits per heavy atom. The number of phenolic OH excluding ortho intramolecular Hbond substituents is 2. The van der Waals surface area contributed by atoms with Crippen molar-refractivity contribution in [2.75, 3.05) is 6.61 Å².